The van der Waals surface area contributed by atoms with Crippen molar-refractivity contribution in [2.24, 2.45) is 5.14 Å². The van der Waals surface area contributed by atoms with Gasteiger partial charge in [0.2, 0.25) is 10.0 Å². The van der Waals surface area contributed by atoms with Gasteiger partial charge in [0.25, 0.3) is 10.1 Å². The molecule has 0 saturated heterocycles. The van der Waals surface area contributed by atoms with Gasteiger partial charge in [-0.1, -0.05) is 0 Å². The van der Waals surface area contributed by atoms with E-state index in [4.69, 9.17) is 9.69 Å². The topological polar surface area (TPSA) is 134 Å². The van der Waals surface area contributed by atoms with E-state index in [2.05, 4.69) is 0 Å². The van der Waals surface area contributed by atoms with E-state index in [-0.39, 0.29) is 11.1 Å². The molecular weight excluding hydrogens is 270 g/mol. The van der Waals surface area contributed by atoms with E-state index in [1.54, 1.807) is 0 Å². The minimum Gasteiger partial charge on any atom is -0.282 e. The fourth-order valence-corrected chi connectivity index (χ4v) is 2.76. The van der Waals surface area contributed by atoms with Gasteiger partial charge in [0.15, 0.2) is 0 Å². The van der Waals surface area contributed by atoms with Gasteiger partial charge in [0.05, 0.1) is 9.79 Å². The van der Waals surface area contributed by atoms with Gasteiger partial charge in [-0.15, -0.1) is 0 Å². The van der Waals surface area contributed by atoms with Crippen molar-refractivity contribution in [1.82, 2.24) is 0 Å². The highest BCUT2D eigenvalue weighted by molar-refractivity contribution is 7.89. The largest absolute Gasteiger partial charge is 0.294 e. The molecule has 1 aromatic carbocycles. The Bertz CT molecular complexity index is 647. The molecule has 0 amide bonds. The van der Waals surface area contributed by atoms with Crippen LogP contribution >= 0.6 is 0 Å². The molecule has 0 saturated carbocycles. The third-order valence-corrected chi connectivity index (χ3v) is 4.08. The third kappa shape index (κ3) is 3.01. The van der Waals surface area contributed by atoms with Crippen molar-refractivity contribution in [1.29, 1.82) is 0 Å². The average molecular weight is 280 g/mol. The van der Waals surface area contributed by atoms with Crippen LogP contribution in [0.25, 0.3) is 0 Å². The van der Waals surface area contributed by atoms with Crippen molar-refractivity contribution >= 4 is 20.1 Å². The normalized spacial score (nSPS) is 12.7. The van der Waals surface area contributed by atoms with Crippen LogP contribution in [0.4, 0.5) is 0 Å². The lowest BCUT2D eigenvalue weighted by molar-refractivity contribution is 0.176. The summed E-state index contributed by atoms with van der Waals surface area (Å²) in [6.45, 7) is 0.473. The lowest BCUT2D eigenvalue weighted by Gasteiger charge is -2.09. The number of hydrogen-bond donors (Lipinski definition) is 2. The van der Waals surface area contributed by atoms with Crippen LogP contribution in [0.1, 0.15) is 11.1 Å². The third-order valence-electron chi connectivity index (χ3n) is 2.20. The summed E-state index contributed by atoms with van der Waals surface area (Å²) in [4.78, 5) is -1.16. The molecule has 0 bridgehead atoms. The zero-order valence-electron chi connectivity index (χ0n) is 8.74. The van der Waals surface area contributed by atoms with Gasteiger partial charge in [-0.3, -0.25) is 4.55 Å². The lowest BCUT2D eigenvalue weighted by Crippen LogP contribution is -2.14. The first kappa shape index (κ1) is 14.1. The van der Waals surface area contributed by atoms with Gasteiger partial charge >= 0.3 is 0 Å². The maximum Gasteiger partial charge on any atom is 0.294 e. The zero-order chi connectivity index (χ0) is 13.4. The molecule has 9 heteroatoms. The molecule has 7 nitrogen and oxygen atoms in total. The fraction of sp³-hybridized carbons (Fsp3) is 0.250. The Morgan fingerprint density at radius 3 is 2.12 bits per heavy atom. The summed E-state index contributed by atoms with van der Waals surface area (Å²) >= 11 is 0. The monoisotopic (exact) mass is 280 g/mol. The predicted octanol–water partition coefficient (Wildman–Crippen LogP) is -0.180. The Morgan fingerprint density at radius 1 is 1.24 bits per heavy atom. The van der Waals surface area contributed by atoms with Gasteiger partial charge in [0, 0.05) is 0 Å². The molecular formula is C8H10NO6S2. The van der Waals surface area contributed by atoms with Gasteiger partial charge in [-0.2, -0.15) is 8.42 Å². The minimum absolute atomic E-state index is 0.00917. The van der Waals surface area contributed by atoms with E-state index in [0.29, 0.717) is 0 Å². The van der Waals surface area contributed by atoms with Gasteiger partial charge in [-0.05, 0) is 30.2 Å². The van der Waals surface area contributed by atoms with Crippen molar-refractivity contribution in [3.63, 3.8) is 0 Å². The van der Waals surface area contributed by atoms with Gasteiger partial charge in [-0.25, -0.2) is 18.7 Å². The van der Waals surface area contributed by atoms with Crippen LogP contribution in [0.5, 0.6) is 0 Å². The van der Waals surface area contributed by atoms with Crippen LogP contribution in [0.2, 0.25) is 0 Å². The first-order valence-corrected chi connectivity index (χ1v) is 7.28. The number of benzene rings is 1. The highest BCUT2D eigenvalue weighted by atomic mass is 32.2. The van der Waals surface area contributed by atoms with Crippen molar-refractivity contribution in [3.05, 3.63) is 23.3 Å². The molecule has 95 valence electrons. The van der Waals surface area contributed by atoms with E-state index in [1.165, 1.54) is 6.92 Å². The second kappa shape index (κ2) is 4.35. The zero-order valence-corrected chi connectivity index (χ0v) is 10.4. The number of sulfonamides is 1. The summed E-state index contributed by atoms with van der Waals surface area (Å²) in [5.74, 6) is 0. The maximum absolute atomic E-state index is 11.1. The van der Waals surface area contributed by atoms with E-state index in [9.17, 15) is 21.9 Å². The Kier molecular flexibility index (Phi) is 3.60. The highest BCUT2D eigenvalue weighted by Crippen LogP contribution is 2.23. The van der Waals surface area contributed by atoms with Crippen LogP contribution < -0.4 is 5.14 Å². The van der Waals surface area contributed by atoms with E-state index >= 15 is 0 Å². The summed E-state index contributed by atoms with van der Waals surface area (Å²) in [7, 11) is -8.76. The number of nitrogens with two attached hydrogens (primary N) is 1. The first-order valence-electron chi connectivity index (χ1n) is 4.29. The number of primary sulfonamides is 1. The molecule has 0 heterocycles. The number of hydrogen-bond acceptors (Lipinski definition) is 4. The molecule has 0 unspecified atom stereocenters. The van der Waals surface area contributed by atoms with E-state index in [1.807, 2.05) is 0 Å². The van der Waals surface area contributed by atoms with Crippen molar-refractivity contribution in [2.75, 3.05) is 0 Å². The second-order valence-electron chi connectivity index (χ2n) is 3.37. The van der Waals surface area contributed by atoms with Crippen LogP contribution in [0.15, 0.2) is 21.9 Å². The average Bonchev–Trinajstić information content (AvgIpc) is 2.14. The maximum atomic E-state index is 11.1. The Hall–Kier alpha value is -1.00. The van der Waals surface area contributed by atoms with Crippen LogP contribution in [-0.4, -0.2) is 21.4 Å². The molecule has 0 fully saturated rings. The summed E-state index contributed by atoms with van der Waals surface area (Å²) in [5, 5.41) is 15.6. The SMILES string of the molecule is Cc1c(C[O])cc(S(N)(=O)=O)cc1S(=O)(=O)O. The van der Waals surface area contributed by atoms with E-state index < -0.39 is 36.5 Å². The molecule has 0 aliphatic rings. The Morgan fingerprint density at radius 2 is 1.76 bits per heavy atom. The predicted molar refractivity (Wildman–Crippen MR) is 56.8 cm³/mol. The highest BCUT2D eigenvalue weighted by Gasteiger charge is 2.20. The summed E-state index contributed by atoms with van der Waals surface area (Å²) in [5.41, 5.74) is -0.0425. The Balaban J connectivity index is 3.74. The first-order chi connectivity index (χ1) is 7.57. The summed E-state index contributed by atoms with van der Waals surface area (Å²) in [6.07, 6.45) is 0. The number of rotatable bonds is 3. The van der Waals surface area contributed by atoms with Crippen molar-refractivity contribution in [2.45, 2.75) is 23.3 Å². The van der Waals surface area contributed by atoms with Gasteiger partial charge < -0.3 is 0 Å². The van der Waals surface area contributed by atoms with E-state index in [0.717, 1.165) is 12.1 Å². The quantitative estimate of drug-likeness (QED) is 0.740. The molecule has 0 aromatic heterocycles. The molecule has 17 heavy (non-hydrogen) atoms. The molecule has 0 atom stereocenters. The smallest absolute Gasteiger partial charge is 0.282 e. The van der Waals surface area contributed by atoms with Crippen LogP contribution in [0, 0.1) is 6.92 Å². The molecule has 0 aliphatic heterocycles. The lowest BCUT2D eigenvalue weighted by atomic mass is 10.1. The van der Waals surface area contributed by atoms with Gasteiger partial charge in [0.1, 0.15) is 6.61 Å². The summed E-state index contributed by atoms with van der Waals surface area (Å²) in [6, 6.07) is 1.71. The molecule has 0 aliphatic carbocycles. The molecule has 1 rings (SSSR count). The molecule has 1 radical (unpaired) electrons. The Labute approximate surface area is 98.7 Å². The second-order valence-corrected chi connectivity index (χ2v) is 6.32. The molecule has 0 spiro atoms. The fourth-order valence-electron chi connectivity index (χ4n) is 1.30. The summed E-state index contributed by atoms with van der Waals surface area (Å²) < 4.78 is 53.1. The molecule has 1 aromatic rings. The molecule has 3 N–H and O–H groups in total. The van der Waals surface area contributed by atoms with Crippen LogP contribution in [-0.2, 0) is 31.9 Å². The van der Waals surface area contributed by atoms with Crippen molar-refractivity contribution in [3.8, 4) is 0 Å². The minimum atomic E-state index is -4.61. The van der Waals surface area contributed by atoms with Crippen molar-refractivity contribution < 1.29 is 26.5 Å². The van der Waals surface area contributed by atoms with Crippen LogP contribution in [0.3, 0.4) is 0 Å². The standard InChI is InChI=1S/C8H10NO6S2/c1-5-6(4-10)2-7(16(9,11)12)3-8(5)17(13,14)15/h2-3H,4H2,1H3,(H2,9,11,12)(H,13,14,15).